The highest BCUT2D eigenvalue weighted by Crippen LogP contribution is 2.10. The molecule has 0 saturated heterocycles. The minimum absolute atomic E-state index is 0.450. The van der Waals surface area contributed by atoms with E-state index in [-0.39, 0.29) is 0 Å². The van der Waals surface area contributed by atoms with Crippen molar-refractivity contribution in [2.75, 3.05) is 23.4 Å². The lowest BCUT2D eigenvalue weighted by Crippen LogP contribution is -2.06. The summed E-state index contributed by atoms with van der Waals surface area (Å²) < 4.78 is 0. The number of hydrogen-bond acceptors (Lipinski definition) is 4. The van der Waals surface area contributed by atoms with Crippen LogP contribution in [0.4, 0.5) is 5.69 Å². The van der Waals surface area contributed by atoms with Gasteiger partial charge in [0.15, 0.2) is 5.69 Å². The van der Waals surface area contributed by atoms with Crippen LogP contribution in [0.25, 0.3) is 0 Å². The summed E-state index contributed by atoms with van der Waals surface area (Å²) in [6.07, 6.45) is 3.51. The van der Waals surface area contributed by atoms with Crippen LogP contribution < -0.4 is 5.32 Å². The summed E-state index contributed by atoms with van der Waals surface area (Å²) in [5.74, 6) is 1.95. The predicted octanol–water partition coefficient (Wildman–Crippen LogP) is 2.28. The van der Waals surface area contributed by atoms with Crippen molar-refractivity contribution in [2.45, 2.75) is 0 Å². The van der Waals surface area contributed by atoms with Crippen molar-refractivity contribution in [1.82, 2.24) is 4.98 Å². The van der Waals surface area contributed by atoms with Crippen molar-refractivity contribution in [3.63, 3.8) is 0 Å². The third-order valence-corrected chi connectivity index (χ3v) is 2.68. The molecule has 0 fully saturated rings. The van der Waals surface area contributed by atoms with Crippen molar-refractivity contribution in [3.05, 3.63) is 36.7 Å². The number of pyridine rings is 1. The van der Waals surface area contributed by atoms with Crippen LogP contribution in [0.1, 0.15) is 5.69 Å². The van der Waals surface area contributed by atoms with Gasteiger partial charge in [0.25, 0.3) is 0 Å². The summed E-state index contributed by atoms with van der Waals surface area (Å²) in [7, 11) is 0. The molecule has 0 spiro atoms. The number of nitriles is 1. The molecule has 0 amide bonds. The third-order valence-electron chi connectivity index (χ3n) is 1.71. The number of thioether (sulfide) groups is 1. The summed E-state index contributed by atoms with van der Waals surface area (Å²) in [4.78, 5) is 3.97. The van der Waals surface area contributed by atoms with Crippen LogP contribution in [0.15, 0.2) is 31.0 Å². The van der Waals surface area contributed by atoms with Gasteiger partial charge in [-0.15, -0.1) is 6.58 Å². The van der Waals surface area contributed by atoms with E-state index < -0.39 is 0 Å². The average molecular weight is 219 g/mol. The van der Waals surface area contributed by atoms with E-state index in [1.807, 2.05) is 18.2 Å². The fourth-order valence-corrected chi connectivity index (χ4v) is 1.64. The predicted molar refractivity (Wildman–Crippen MR) is 65.0 cm³/mol. The topological polar surface area (TPSA) is 48.7 Å². The van der Waals surface area contributed by atoms with Crippen molar-refractivity contribution < 1.29 is 0 Å². The molecule has 0 aliphatic carbocycles. The molecule has 0 aromatic carbocycles. The summed E-state index contributed by atoms with van der Waals surface area (Å²) in [5, 5.41) is 12.0. The van der Waals surface area contributed by atoms with Crippen LogP contribution in [0.5, 0.6) is 0 Å². The third kappa shape index (κ3) is 4.05. The van der Waals surface area contributed by atoms with Gasteiger partial charge in [-0.1, -0.05) is 6.08 Å². The molecule has 1 aromatic rings. The number of anilines is 1. The van der Waals surface area contributed by atoms with Gasteiger partial charge in [0, 0.05) is 24.2 Å². The van der Waals surface area contributed by atoms with Crippen LogP contribution in [-0.2, 0) is 0 Å². The molecular formula is C11H13N3S. The Morgan fingerprint density at radius 1 is 1.67 bits per heavy atom. The summed E-state index contributed by atoms with van der Waals surface area (Å²) in [6.45, 7) is 4.48. The van der Waals surface area contributed by atoms with Crippen LogP contribution >= 0.6 is 11.8 Å². The Hall–Kier alpha value is -1.47. The molecule has 0 unspecified atom stereocenters. The Balaban J connectivity index is 2.37. The van der Waals surface area contributed by atoms with Crippen molar-refractivity contribution in [1.29, 1.82) is 5.26 Å². The second-order valence-electron chi connectivity index (χ2n) is 2.80. The Kier molecular flexibility index (Phi) is 5.34. The number of hydrogen-bond donors (Lipinski definition) is 1. The second kappa shape index (κ2) is 6.91. The SMILES string of the molecule is C=CCSCCNc1cccnc1C#N. The molecule has 3 nitrogen and oxygen atoms in total. The van der Waals surface area contributed by atoms with E-state index in [0.717, 1.165) is 23.7 Å². The Labute approximate surface area is 94.2 Å². The van der Waals surface area contributed by atoms with Crippen LogP contribution in [0.2, 0.25) is 0 Å². The zero-order chi connectivity index (χ0) is 10.9. The number of nitrogens with zero attached hydrogens (tertiary/aromatic N) is 2. The molecule has 4 heteroatoms. The average Bonchev–Trinajstić information content (AvgIpc) is 2.29. The van der Waals surface area contributed by atoms with Gasteiger partial charge in [0.2, 0.25) is 0 Å². The molecule has 15 heavy (non-hydrogen) atoms. The summed E-state index contributed by atoms with van der Waals surface area (Å²) >= 11 is 1.80. The van der Waals surface area contributed by atoms with Gasteiger partial charge in [0.1, 0.15) is 6.07 Å². The molecule has 0 bridgehead atoms. The highest BCUT2D eigenvalue weighted by Gasteiger charge is 1.99. The van der Waals surface area contributed by atoms with Crippen molar-refractivity contribution in [3.8, 4) is 6.07 Å². The van der Waals surface area contributed by atoms with E-state index in [1.54, 1.807) is 18.0 Å². The Morgan fingerprint density at radius 2 is 2.53 bits per heavy atom. The van der Waals surface area contributed by atoms with Gasteiger partial charge in [-0.25, -0.2) is 4.98 Å². The lowest BCUT2D eigenvalue weighted by Gasteiger charge is -2.05. The smallest absolute Gasteiger partial charge is 0.163 e. The second-order valence-corrected chi connectivity index (χ2v) is 3.95. The fourth-order valence-electron chi connectivity index (χ4n) is 1.06. The molecular weight excluding hydrogens is 206 g/mol. The van der Waals surface area contributed by atoms with Gasteiger partial charge < -0.3 is 5.32 Å². The normalized spacial score (nSPS) is 9.27. The number of rotatable bonds is 6. The molecule has 0 aliphatic heterocycles. The van der Waals surface area contributed by atoms with Crippen molar-refractivity contribution >= 4 is 17.4 Å². The van der Waals surface area contributed by atoms with E-state index in [0.29, 0.717) is 5.69 Å². The maximum atomic E-state index is 8.79. The molecule has 0 radical (unpaired) electrons. The van der Waals surface area contributed by atoms with E-state index in [4.69, 9.17) is 5.26 Å². The first-order chi connectivity index (χ1) is 7.38. The summed E-state index contributed by atoms with van der Waals surface area (Å²) in [6, 6.07) is 5.74. The van der Waals surface area contributed by atoms with E-state index >= 15 is 0 Å². The zero-order valence-electron chi connectivity index (χ0n) is 8.44. The van der Waals surface area contributed by atoms with E-state index in [9.17, 15) is 0 Å². The van der Waals surface area contributed by atoms with Gasteiger partial charge in [0.05, 0.1) is 5.69 Å². The molecule has 0 aliphatic rings. The molecule has 0 saturated carbocycles. The van der Waals surface area contributed by atoms with E-state index in [1.165, 1.54) is 0 Å². The van der Waals surface area contributed by atoms with Gasteiger partial charge >= 0.3 is 0 Å². The minimum atomic E-state index is 0.450. The van der Waals surface area contributed by atoms with Crippen molar-refractivity contribution in [2.24, 2.45) is 0 Å². The van der Waals surface area contributed by atoms with Crippen LogP contribution in [-0.4, -0.2) is 23.0 Å². The number of nitrogens with one attached hydrogen (secondary N) is 1. The lowest BCUT2D eigenvalue weighted by atomic mass is 10.3. The largest absolute Gasteiger partial charge is 0.382 e. The Bertz CT molecular complexity index is 357. The molecule has 1 heterocycles. The first-order valence-electron chi connectivity index (χ1n) is 4.66. The minimum Gasteiger partial charge on any atom is -0.382 e. The highest BCUT2D eigenvalue weighted by atomic mass is 32.2. The fraction of sp³-hybridized carbons (Fsp3) is 0.273. The van der Waals surface area contributed by atoms with Gasteiger partial charge in [-0.2, -0.15) is 17.0 Å². The molecule has 1 rings (SSSR count). The maximum Gasteiger partial charge on any atom is 0.163 e. The van der Waals surface area contributed by atoms with Gasteiger partial charge in [-0.05, 0) is 12.1 Å². The van der Waals surface area contributed by atoms with Gasteiger partial charge in [-0.3, -0.25) is 0 Å². The quantitative estimate of drug-likeness (QED) is 0.589. The maximum absolute atomic E-state index is 8.79. The molecule has 1 N–H and O–H groups in total. The molecule has 1 aromatic heterocycles. The first kappa shape index (κ1) is 11.6. The monoisotopic (exact) mass is 219 g/mol. The van der Waals surface area contributed by atoms with Crippen LogP contribution in [0.3, 0.4) is 0 Å². The lowest BCUT2D eigenvalue weighted by molar-refractivity contribution is 1.18. The molecule has 0 atom stereocenters. The Morgan fingerprint density at radius 3 is 3.27 bits per heavy atom. The number of aromatic nitrogens is 1. The molecule has 78 valence electrons. The van der Waals surface area contributed by atoms with Crippen LogP contribution in [0, 0.1) is 11.3 Å². The highest BCUT2D eigenvalue weighted by molar-refractivity contribution is 7.99. The first-order valence-corrected chi connectivity index (χ1v) is 5.81. The summed E-state index contributed by atoms with van der Waals surface area (Å²) in [5.41, 5.74) is 1.26. The van der Waals surface area contributed by atoms with E-state index in [2.05, 4.69) is 22.9 Å². The zero-order valence-corrected chi connectivity index (χ0v) is 9.26. The standard InChI is InChI=1S/C11H13N3S/c1-2-7-15-8-6-14-10-4-3-5-13-11(10)9-12/h2-5,14H,1,6-8H2.